The second-order valence-corrected chi connectivity index (χ2v) is 4.51. The van der Waals surface area contributed by atoms with Crippen LogP contribution in [0.15, 0.2) is 0 Å². The van der Waals surface area contributed by atoms with E-state index >= 15 is 0 Å². The predicted octanol–water partition coefficient (Wildman–Crippen LogP) is 0.668. The Balaban J connectivity index is 2.16. The van der Waals surface area contributed by atoms with Gasteiger partial charge in [0.2, 0.25) is 5.91 Å². The molecule has 0 bridgehead atoms. The normalized spacial score (nSPS) is 26.7. The van der Waals surface area contributed by atoms with Crippen LogP contribution in [0.1, 0.15) is 33.6 Å². The van der Waals surface area contributed by atoms with E-state index in [0.717, 1.165) is 19.4 Å². The fourth-order valence-corrected chi connectivity index (χ4v) is 1.79. The molecule has 1 amide bonds. The van der Waals surface area contributed by atoms with Gasteiger partial charge in [-0.2, -0.15) is 0 Å². The molecule has 0 aromatic carbocycles. The molecule has 1 heterocycles. The van der Waals surface area contributed by atoms with Gasteiger partial charge in [-0.3, -0.25) is 4.79 Å². The van der Waals surface area contributed by atoms with Crippen LogP contribution in [0.5, 0.6) is 0 Å². The van der Waals surface area contributed by atoms with Crippen LogP contribution >= 0.6 is 0 Å². The third-order valence-electron chi connectivity index (χ3n) is 2.49. The lowest BCUT2D eigenvalue weighted by molar-refractivity contribution is -0.121. The molecule has 1 aliphatic rings. The Bertz CT molecular complexity index is 207. The summed E-state index contributed by atoms with van der Waals surface area (Å²) in [5.41, 5.74) is 0. The van der Waals surface area contributed by atoms with Crippen LogP contribution in [0, 0.1) is 0 Å². The first kappa shape index (κ1) is 12.5. The minimum absolute atomic E-state index is 0.0733. The zero-order chi connectivity index (χ0) is 11.3. The van der Waals surface area contributed by atoms with Crippen LogP contribution in [0.2, 0.25) is 0 Å². The molecule has 88 valence electrons. The number of nitrogens with one attached hydrogen (secondary N) is 2. The van der Waals surface area contributed by atoms with Crippen LogP contribution in [0.25, 0.3) is 0 Å². The van der Waals surface area contributed by atoms with E-state index in [0.29, 0.717) is 18.7 Å². The summed E-state index contributed by atoms with van der Waals surface area (Å²) >= 11 is 0. The van der Waals surface area contributed by atoms with Gasteiger partial charge in [0.15, 0.2) is 0 Å². The number of carbonyl (C=O) groups excluding carboxylic acids is 1. The molecular formula is C11H22N2O2. The van der Waals surface area contributed by atoms with Crippen molar-refractivity contribution < 1.29 is 9.53 Å². The molecule has 15 heavy (non-hydrogen) atoms. The first-order valence-electron chi connectivity index (χ1n) is 5.72. The molecular weight excluding hydrogens is 192 g/mol. The van der Waals surface area contributed by atoms with E-state index in [4.69, 9.17) is 4.74 Å². The van der Waals surface area contributed by atoms with Gasteiger partial charge in [-0.15, -0.1) is 0 Å². The lowest BCUT2D eigenvalue weighted by atomic mass is 10.0. The molecule has 0 aromatic rings. The van der Waals surface area contributed by atoms with Crippen molar-refractivity contribution in [3.05, 3.63) is 0 Å². The van der Waals surface area contributed by atoms with Gasteiger partial charge in [-0.05, 0) is 33.6 Å². The van der Waals surface area contributed by atoms with Gasteiger partial charge in [0.1, 0.15) is 0 Å². The van der Waals surface area contributed by atoms with E-state index < -0.39 is 0 Å². The third-order valence-corrected chi connectivity index (χ3v) is 2.49. The van der Waals surface area contributed by atoms with Crippen molar-refractivity contribution in [2.24, 2.45) is 0 Å². The molecule has 4 heteroatoms. The molecule has 0 aliphatic carbocycles. The molecule has 1 saturated heterocycles. The summed E-state index contributed by atoms with van der Waals surface area (Å²) in [5.74, 6) is 0.0733. The average Bonchev–Trinajstić information content (AvgIpc) is 2.14. The maximum atomic E-state index is 11.4. The Morgan fingerprint density at radius 2 is 2.27 bits per heavy atom. The fourth-order valence-electron chi connectivity index (χ4n) is 1.79. The molecule has 2 atom stereocenters. The van der Waals surface area contributed by atoms with Crippen molar-refractivity contribution in [2.45, 2.75) is 51.8 Å². The Labute approximate surface area is 91.8 Å². The molecule has 0 radical (unpaired) electrons. The molecule has 4 nitrogen and oxygen atoms in total. The second kappa shape index (κ2) is 6.08. The average molecular weight is 214 g/mol. The SMILES string of the molecule is CC(C)NC(=O)CNC1CCOC(C)C1. The van der Waals surface area contributed by atoms with Crippen molar-refractivity contribution >= 4 is 5.91 Å². The van der Waals surface area contributed by atoms with Crippen LogP contribution < -0.4 is 10.6 Å². The van der Waals surface area contributed by atoms with E-state index in [1.807, 2.05) is 13.8 Å². The highest BCUT2D eigenvalue weighted by Gasteiger charge is 2.19. The summed E-state index contributed by atoms with van der Waals surface area (Å²) in [6.07, 6.45) is 2.30. The van der Waals surface area contributed by atoms with Gasteiger partial charge in [-0.1, -0.05) is 0 Å². The molecule has 0 spiro atoms. The largest absolute Gasteiger partial charge is 0.378 e. The third kappa shape index (κ3) is 5.14. The van der Waals surface area contributed by atoms with E-state index in [1.54, 1.807) is 0 Å². The maximum absolute atomic E-state index is 11.4. The number of carbonyl (C=O) groups is 1. The summed E-state index contributed by atoms with van der Waals surface area (Å²) < 4.78 is 5.44. The van der Waals surface area contributed by atoms with E-state index in [2.05, 4.69) is 17.6 Å². The Kier molecular flexibility index (Phi) is 5.05. The molecule has 0 aromatic heterocycles. The smallest absolute Gasteiger partial charge is 0.234 e. The lowest BCUT2D eigenvalue weighted by Crippen LogP contribution is -2.44. The van der Waals surface area contributed by atoms with Crippen molar-refractivity contribution in [1.82, 2.24) is 10.6 Å². The zero-order valence-corrected chi connectivity index (χ0v) is 9.88. The number of ether oxygens (including phenoxy) is 1. The minimum atomic E-state index is 0.0733. The van der Waals surface area contributed by atoms with Crippen molar-refractivity contribution in [1.29, 1.82) is 0 Å². The van der Waals surface area contributed by atoms with Crippen molar-refractivity contribution in [3.8, 4) is 0 Å². The maximum Gasteiger partial charge on any atom is 0.234 e. The van der Waals surface area contributed by atoms with Crippen LogP contribution in [0.3, 0.4) is 0 Å². The number of hydrogen-bond acceptors (Lipinski definition) is 3. The molecule has 0 saturated carbocycles. The van der Waals surface area contributed by atoms with Crippen LogP contribution in [-0.2, 0) is 9.53 Å². The molecule has 2 N–H and O–H groups in total. The monoisotopic (exact) mass is 214 g/mol. The molecule has 1 fully saturated rings. The van der Waals surface area contributed by atoms with E-state index in [9.17, 15) is 4.79 Å². The van der Waals surface area contributed by atoms with Gasteiger partial charge in [0.25, 0.3) is 0 Å². The summed E-state index contributed by atoms with van der Waals surface area (Å²) in [6, 6.07) is 0.638. The van der Waals surface area contributed by atoms with Gasteiger partial charge in [0.05, 0.1) is 12.6 Å². The fraction of sp³-hybridized carbons (Fsp3) is 0.909. The summed E-state index contributed by atoms with van der Waals surface area (Å²) in [5, 5.41) is 6.13. The van der Waals surface area contributed by atoms with E-state index in [-0.39, 0.29) is 11.9 Å². The molecule has 1 rings (SSSR count). The standard InChI is InChI=1S/C11H22N2O2/c1-8(2)13-11(14)7-12-10-4-5-15-9(3)6-10/h8-10,12H,4-7H2,1-3H3,(H,13,14). The van der Waals surface area contributed by atoms with Crippen molar-refractivity contribution in [2.75, 3.05) is 13.2 Å². The Morgan fingerprint density at radius 3 is 2.87 bits per heavy atom. The summed E-state index contributed by atoms with van der Waals surface area (Å²) in [7, 11) is 0. The molecule has 2 unspecified atom stereocenters. The first-order valence-corrected chi connectivity index (χ1v) is 5.72. The summed E-state index contributed by atoms with van der Waals surface area (Å²) in [4.78, 5) is 11.4. The van der Waals surface area contributed by atoms with Gasteiger partial charge >= 0.3 is 0 Å². The molecule has 1 aliphatic heterocycles. The van der Waals surface area contributed by atoms with Gasteiger partial charge in [0, 0.05) is 18.7 Å². The van der Waals surface area contributed by atoms with E-state index in [1.165, 1.54) is 0 Å². The quantitative estimate of drug-likeness (QED) is 0.723. The second-order valence-electron chi connectivity index (χ2n) is 4.51. The highest BCUT2D eigenvalue weighted by molar-refractivity contribution is 5.78. The highest BCUT2D eigenvalue weighted by Crippen LogP contribution is 2.12. The Hall–Kier alpha value is -0.610. The zero-order valence-electron chi connectivity index (χ0n) is 9.88. The Morgan fingerprint density at radius 1 is 1.53 bits per heavy atom. The predicted molar refractivity (Wildman–Crippen MR) is 59.7 cm³/mol. The van der Waals surface area contributed by atoms with Crippen LogP contribution in [0.4, 0.5) is 0 Å². The summed E-state index contributed by atoms with van der Waals surface area (Å²) in [6.45, 7) is 7.21. The highest BCUT2D eigenvalue weighted by atomic mass is 16.5. The first-order chi connectivity index (χ1) is 7.08. The minimum Gasteiger partial charge on any atom is -0.378 e. The van der Waals surface area contributed by atoms with Crippen LogP contribution in [-0.4, -0.2) is 37.2 Å². The number of rotatable bonds is 4. The van der Waals surface area contributed by atoms with Gasteiger partial charge < -0.3 is 15.4 Å². The topological polar surface area (TPSA) is 50.4 Å². The van der Waals surface area contributed by atoms with Gasteiger partial charge in [-0.25, -0.2) is 0 Å². The number of amides is 1. The number of hydrogen-bond donors (Lipinski definition) is 2. The van der Waals surface area contributed by atoms with Crippen molar-refractivity contribution in [3.63, 3.8) is 0 Å². The lowest BCUT2D eigenvalue weighted by Gasteiger charge is -2.27.